The van der Waals surface area contributed by atoms with Gasteiger partial charge in [0, 0.05) is 32.0 Å². The Kier molecular flexibility index (Phi) is 6.27. The van der Waals surface area contributed by atoms with Crippen LogP contribution < -0.4 is 15.0 Å². The van der Waals surface area contributed by atoms with E-state index >= 15 is 0 Å². The minimum absolute atomic E-state index is 0.108. The number of aromatic nitrogens is 2. The van der Waals surface area contributed by atoms with Gasteiger partial charge < -0.3 is 15.0 Å². The molecule has 2 aromatic carbocycles. The molecule has 0 atom stereocenters. The maximum Gasteiger partial charge on any atom is 0.255 e. The smallest absolute Gasteiger partial charge is 0.255 e. The lowest BCUT2D eigenvalue weighted by Gasteiger charge is -2.33. The molecule has 31 heavy (non-hydrogen) atoms. The summed E-state index contributed by atoms with van der Waals surface area (Å²) in [6.45, 7) is 4.59. The molecule has 1 aliphatic heterocycles. The van der Waals surface area contributed by atoms with Crippen molar-refractivity contribution in [1.29, 1.82) is 5.26 Å². The van der Waals surface area contributed by atoms with Crippen LogP contribution in [0.5, 0.6) is 5.75 Å². The Morgan fingerprint density at radius 2 is 1.97 bits per heavy atom. The number of ether oxygens (including phenoxy) is 1. The highest BCUT2D eigenvalue weighted by Crippen LogP contribution is 2.29. The Labute approximate surface area is 181 Å². The van der Waals surface area contributed by atoms with Crippen LogP contribution in [0.4, 0.5) is 5.82 Å². The molecule has 1 aromatic heterocycles. The topological polar surface area (TPSA) is 91.1 Å². The van der Waals surface area contributed by atoms with Gasteiger partial charge in [0.25, 0.3) is 5.91 Å². The average Bonchev–Trinajstić information content (AvgIpc) is 2.83. The summed E-state index contributed by atoms with van der Waals surface area (Å²) in [5, 5.41) is 14.3. The number of nitrogens with one attached hydrogen (secondary N) is 1. The first-order chi connectivity index (χ1) is 15.2. The van der Waals surface area contributed by atoms with E-state index in [1.807, 2.05) is 43.3 Å². The van der Waals surface area contributed by atoms with Crippen molar-refractivity contribution in [3.63, 3.8) is 0 Å². The fourth-order valence-electron chi connectivity index (χ4n) is 4.08. The minimum atomic E-state index is -0.108. The number of rotatable bonds is 6. The van der Waals surface area contributed by atoms with Gasteiger partial charge in [-0.1, -0.05) is 30.3 Å². The number of hydrogen-bond donors (Lipinski definition) is 1. The third kappa shape index (κ3) is 4.43. The second-order valence-electron chi connectivity index (χ2n) is 7.57. The summed E-state index contributed by atoms with van der Waals surface area (Å²) in [6.07, 6.45) is 4.97. The van der Waals surface area contributed by atoms with Gasteiger partial charge in [0.1, 0.15) is 11.8 Å². The van der Waals surface area contributed by atoms with Crippen LogP contribution in [0.1, 0.15) is 35.8 Å². The predicted molar refractivity (Wildman–Crippen MR) is 119 cm³/mol. The lowest BCUT2D eigenvalue weighted by Crippen LogP contribution is -2.39. The maximum atomic E-state index is 13.1. The van der Waals surface area contributed by atoms with Crippen molar-refractivity contribution in [3.05, 3.63) is 60.0 Å². The summed E-state index contributed by atoms with van der Waals surface area (Å²) < 4.78 is 5.74. The molecule has 0 radical (unpaired) electrons. The van der Waals surface area contributed by atoms with Crippen LogP contribution >= 0.6 is 0 Å². The van der Waals surface area contributed by atoms with Crippen molar-refractivity contribution in [1.82, 2.24) is 15.3 Å². The number of fused-ring (bicyclic) bond motifs is 1. The molecule has 0 aliphatic carbocycles. The Hall–Kier alpha value is -3.66. The summed E-state index contributed by atoms with van der Waals surface area (Å²) in [5.74, 6) is 1.51. The molecule has 1 aliphatic rings. The van der Waals surface area contributed by atoms with E-state index in [0.717, 1.165) is 36.7 Å². The number of nitriles is 1. The highest BCUT2D eigenvalue weighted by molar-refractivity contribution is 6.09. The SMILES string of the molecule is CCOc1ccc2ccccc2c1C(=O)NCC1CCN(c2nccnc2C#N)CC1. The predicted octanol–water partition coefficient (Wildman–Crippen LogP) is 3.55. The molecule has 1 fully saturated rings. The number of carbonyl (C=O) groups is 1. The van der Waals surface area contributed by atoms with Gasteiger partial charge in [0.15, 0.2) is 11.5 Å². The molecule has 7 nitrogen and oxygen atoms in total. The van der Waals surface area contributed by atoms with E-state index in [2.05, 4.69) is 26.3 Å². The zero-order valence-corrected chi connectivity index (χ0v) is 17.5. The second-order valence-corrected chi connectivity index (χ2v) is 7.57. The van der Waals surface area contributed by atoms with E-state index in [0.29, 0.717) is 41.9 Å². The van der Waals surface area contributed by atoms with Gasteiger partial charge in [-0.05, 0) is 42.5 Å². The molecule has 0 saturated carbocycles. The number of carbonyl (C=O) groups excluding carboxylic acids is 1. The van der Waals surface area contributed by atoms with Gasteiger partial charge in [0.2, 0.25) is 0 Å². The Morgan fingerprint density at radius 1 is 1.19 bits per heavy atom. The summed E-state index contributed by atoms with van der Waals surface area (Å²) in [6, 6.07) is 13.8. The lowest BCUT2D eigenvalue weighted by atomic mass is 9.96. The monoisotopic (exact) mass is 415 g/mol. The molecular weight excluding hydrogens is 390 g/mol. The summed E-state index contributed by atoms with van der Waals surface area (Å²) >= 11 is 0. The lowest BCUT2D eigenvalue weighted by molar-refractivity contribution is 0.0943. The number of anilines is 1. The van der Waals surface area contributed by atoms with E-state index in [4.69, 9.17) is 4.74 Å². The molecule has 1 saturated heterocycles. The molecule has 158 valence electrons. The normalized spacial score (nSPS) is 14.3. The first kappa shape index (κ1) is 20.6. The van der Waals surface area contributed by atoms with Gasteiger partial charge in [0.05, 0.1) is 12.2 Å². The van der Waals surface area contributed by atoms with Crippen LogP contribution in [0.2, 0.25) is 0 Å². The van der Waals surface area contributed by atoms with Gasteiger partial charge in [-0.2, -0.15) is 5.26 Å². The van der Waals surface area contributed by atoms with Gasteiger partial charge in [-0.15, -0.1) is 0 Å². The van der Waals surface area contributed by atoms with Crippen LogP contribution in [0.15, 0.2) is 48.8 Å². The highest BCUT2D eigenvalue weighted by atomic mass is 16.5. The van der Waals surface area contributed by atoms with Crippen molar-refractivity contribution in [2.75, 3.05) is 31.1 Å². The first-order valence-electron chi connectivity index (χ1n) is 10.6. The average molecular weight is 415 g/mol. The van der Waals surface area contributed by atoms with Gasteiger partial charge in [-0.25, -0.2) is 9.97 Å². The van der Waals surface area contributed by atoms with E-state index in [1.54, 1.807) is 6.20 Å². The third-order valence-electron chi connectivity index (χ3n) is 5.67. The van der Waals surface area contributed by atoms with Crippen LogP contribution in [0, 0.1) is 17.2 Å². The minimum Gasteiger partial charge on any atom is -0.493 e. The van der Waals surface area contributed by atoms with Crippen molar-refractivity contribution >= 4 is 22.5 Å². The number of benzene rings is 2. The Balaban J connectivity index is 1.41. The molecule has 0 bridgehead atoms. The number of nitrogens with zero attached hydrogens (tertiary/aromatic N) is 4. The number of hydrogen-bond acceptors (Lipinski definition) is 6. The van der Waals surface area contributed by atoms with E-state index in [1.165, 1.54) is 6.20 Å². The van der Waals surface area contributed by atoms with Crippen LogP contribution in [0.25, 0.3) is 10.8 Å². The van der Waals surface area contributed by atoms with Crippen LogP contribution in [0.3, 0.4) is 0 Å². The molecule has 2 heterocycles. The zero-order chi connectivity index (χ0) is 21.6. The Morgan fingerprint density at radius 3 is 2.74 bits per heavy atom. The fraction of sp³-hybridized carbons (Fsp3) is 0.333. The van der Waals surface area contributed by atoms with Crippen molar-refractivity contribution in [2.45, 2.75) is 19.8 Å². The van der Waals surface area contributed by atoms with E-state index < -0.39 is 0 Å². The van der Waals surface area contributed by atoms with Crippen LogP contribution in [-0.2, 0) is 0 Å². The zero-order valence-electron chi connectivity index (χ0n) is 17.5. The molecule has 1 N–H and O–H groups in total. The van der Waals surface area contributed by atoms with E-state index in [9.17, 15) is 10.1 Å². The van der Waals surface area contributed by atoms with Gasteiger partial charge >= 0.3 is 0 Å². The molecule has 0 unspecified atom stereocenters. The second kappa shape index (κ2) is 9.43. The quantitative estimate of drug-likeness (QED) is 0.662. The summed E-state index contributed by atoms with van der Waals surface area (Å²) in [5.41, 5.74) is 0.948. The molecule has 7 heteroatoms. The first-order valence-corrected chi connectivity index (χ1v) is 10.6. The van der Waals surface area contributed by atoms with Crippen molar-refractivity contribution in [3.8, 4) is 11.8 Å². The van der Waals surface area contributed by atoms with E-state index in [-0.39, 0.29) is 5.91 Å². The molecule has 0 spiro atoms. The molecular formula is C24H25N5O2. The number of piperidine rings is 1. The Bertz CT molecular complexity index is 1120. The molecule has 3 aromatic rings. The third-order valence-corrected chi connectivity index (χ3v) is 5.67. The van der Waals surface area contributed by atoms with Gasteiger partial charge in [-0.3, -0.25) is 4.79 Å². The molecule has 4 rings (SSSR count). The maximum absolute atomic E-state index is 13.1. The van der Waals surface area contributed by atoms with Crippen molar-refractivity contribution in [2.24, 2.45) is 5.92 Å². The number of amides is 1. The standard InChI is InChI=1S/C24H25N5O2/c1-2-31-21-8-7-18-5-3-4-6-19(18)22(21)24(30)28-16-17-9-13-29(14-10-17)23-20(15-25)26-11-12-27-23/h3-8,11-12,17H,2,9-10,13-14,16H2,1H3,(H,28,30). The summed E-state index contributed by atoms with van der Waals surface area (Å²) in [7, 11) is 0. The van der Waals surface area contributed by atoms with Crippen molar-refractivity contribution < 1.29 is 9.53 Å². The summed E-state index contributed by atoms with van der Waals surface area (Å²) in [4.78, 5) is 23.6. The highest BCUT2D eigenvalue weighted by Gasteiger charge is 2.24. The largest absolute Gasteiger partial charge is 0.493 e. The fourth-order valence-corrected chi connectivity index (χ4v) is 4.08. The molecule has 1 amide bonds. The van der Waals surface area contributed by atoms with Crippen LogP contribution in [-0.4, -0.2) is 42.1 Å².